The van der Waals surface area contributed by atoms with E-state index in [1.165, 1.54) is 18.5 Å². The van der Waals surface area contributed by atoms with Crippen LogP contribution in [0.1, 0.15) is 25.7 Å². The number of hydrogen-bond acceptors (Lipinski definition) is 5. The maximum atomic E-state index is 10.8. The molecule has 0 spiro atoms. The number of aliphatic hydroxyl groups excluding tert-OH is 1. The highest BCUT2D eigenvalue weighted by Crippen LogP contribution is 2.29. The number of pyridine rings is 1. The summed E-state index contributed by atoms with van der Waals surface area (Å²) < 4.78 is 5.60. The van der Waals surface area contributed by atoms with Crippen molar-refractivity contribution in [3.63, 3.8) is 0 Å². The van der Waals surface area contributed by atoms with Crippen LogP contribution in [0.15, 0.2) is 18.5 Å². The number of rotatable bonds is 3. The van der Waals surface area contributed by atoms with E-state index in [0.29, 0.717) is 12.8 Å². The molecule has 0 bridgehead atoms. The summed E-state index contributed by atoms with van der Waals surface area (Å²) in [6.45, 7) is 0. The van der Waals surface area contributed by atoms with Crippen LogP contribution < -0.4 is 4.74 Å². The SMILES string of the molecule is O=[N+]([O-])c1cnccc1O[C@H]1CC[C@H](O)CC1. The van der Waals surface area contributed by atoms with Crippen molar-refractivity contribution < 1.29 is 14.8 Å². The minimum absolute atomic E-state index is 0.0560. The largest absolute Gasteiger partial charge is 0.483 e. The molecule has 1 heterocycles. The van der Waals surface area contributed by atoms with Gasteiger partial charge in [0.25, 0.3) is 0 Å². The van der Waals surface area contributed by atoms with Crippen molar-refractivity contribution in [2.75, 3.05) is 0 Å². The fourth-order valence-electron chi connectivity index (χ4n) is 1.95. The molecule has 1 aliphatic rings. The van der Waals surface area contributed by atoms with E-state index in [2.05, 4.69) is 4.98 Å². The minimum Gasteiger partial charge on any atom is -0.483 e. The molecule has 1 aromatic heterocycles. The van der Waals surface area contributed by atoms with Crippen LogP contribution in [-0.2, 0) is 0 Å². The topological polar surface area (TPSA) is 85.5 Å². The van der Waals surface area contributed by atoms with E-state index < -0.39 is 4.92 Å². The monoisotopic (exact) mass is 238 g/mol. The summed E-state index contributed by atoms with van der Waals surface area (Å²) in [4.78, 5) is 14.0. The molecule has 1 fully saturated rings. The molecule has 1 saturated carbocycles. The predicted molar refractivity (Wildman–Crippen MR) is 59.8 cm³/mol. The van der Waals surface area contributed by atoms with Gasteiger partial charge in [-0.2, -0.15) is 0 Å². The lowest BCUT2D eigenvalue weighted by molar-refractivity contribution is -0.386. The summed E-state index contributed by atoms with van der Waals surface area (Å²) in [6.07, 6.45) is 5.16. The highest BCUT2D eigenvalue weighted by molar-refractivity contribution is 5.43. The molecule has 6 heteroatoms. The summed E-state index contributed by atoms with van der Waals surface area (Å²) in [5.41, 5.74) is -0.112. The van der Waals surface area contributed by atoms with Gasteiger partial charge in [-0.3, -0.25) is 15.1 Å². The van der Waals surface area contributed by atoms with Crippen molar-refractivity contribution in [2.45, 2.75) is 37.9 Å². The lowest BCUT2D eigenvalue weighted by atomic mass is 9.95. The Labute approximate surface area is 98.4 Å². The number of nitrogens with zero attached hydrogens (tertiary/aromatic N) is 2. The molecule has 0 saturated heterocycles. The average molecular weight is 238 g/mol. The Morgan fingerprint density at radius 2 is 2.12 bits per heavy atom. The Balaban J connectivity index is 2.05. The van der Waals surface area contributed by atoms with Crippen molar-refractivity contribution in [1.82, 2.24) is 4.98 Å². The third-order valence-corrected chi connectivity index (χ3v) is 2.90. The molecule has 0 aliphatic heterocycles. The molecule has 92 valence electrons. The molecule has 0 radical (unpaired) electrons. The van der Waals surface area contributed by atoms with Crippen LogP contribution in [0.2, 0.25) is 0 Å². The summed E-state index contributed by atoms with van der Waals surface area (Å²) >= 11 is 0. The Bertz CT molecular complexity index is 402. The van der Waals surface area contributed by atoms with Gasteiger partial charge in [-0.15, -0.1) is 0 Å². The van der Waals surface area contributed by atoms with Gasteiger partial charge in [0.1, 0.15) is 6.20 Å². The second-order valence-electron chi connectivity index (χ2n) is 4.15. The van der Waals surface area contributed by atoms with Gasteiger partial charge in [0.2, 0.25) is 5.75 Å². The van der Waals surface area contributed by atoms with Crippen LogP contribution in [0.3, 0.4) is 0 Å². The number of hydrogen-bond donors (Lipinski definition) is 1. The second-order valence-corrected chi connectivity index (χ2v) is 4.15. The fraction of sp³-hybridized carbons (Fsp3) is 0.545. The predicted octanol–water partition coefficient (Wildman–Crippen LogP) is 1.67. The smallest absolute Gasteiger partial charge is 0.329 e. The van der Waals surface area contributed by atoms with Crippen molar-refractivity contribution in [1.29, 1.82) is 0 Å². The lowest BCUT2D eigenvalue weighted by Gasteiger charge is -2.25. The van der Waals surface area contributed by atoms with Gasteiger partial charge >= 0.3 is 5.69 Å². The van der Waals surface area contributed by atoms with E-state index in [1.807, 2.05) is 0 Å². The number of aliphatic hydroxyl groups is 1. The van der Waals surface area contributed by atoms with E-state index in [0.717, 1.165) is 12.8 Å². The molecule has 17 heavy (non-hydrogen) atoms. The molecule has 0 amide bonds. The van der Waals surface area contributed by atoms with Gasteiger partial charge in [0.05, 0.1) is 17.1 Å². The molecule has 1 aromatic rings. The Morgan fingerprint density at radius 1 is 1.41 bits per heavy atom. The van der Waals surface area contributed by atoms with Crippen molar-refractivity contribution in [3.05, 3.63) is 28.6 Å². The Hall–Kier alpha value is -1.69. The number of aromatic nitrogens is 1. The van der Waals surface area contributed by atoms with E-state index in [1.54, 1.807) is 0 Å². The number of nitro groups is 1. The second kappa shape index (κ2) is 5.09. The molecule has 0 aromatic carbocycles. The standard InChI is InChI=1S/C11H14N2O4/c14-8-1-3-9(4-2-8)17-11-5-6-12-7-10(11)13(15)16/h5-9,14H,1-4H2/t8-,9-. The summed E-state index contributed by atoms with van der Waals surface area (Å²) in [7, 11) is 0. The Morgan fingerprint density at radius 3 is 2.76 bits per heavy atom. The van der Waals surface area contributed by atoms with E-state index in [-0.39, 0.29) is 23.6 Å². The van der Waals surface area contributed by atoms with Crippen molar-refractivity contribution in [2.24, 2.45) is 0 Å². The molecule has 1 N–H and O–H groups in total. The molecular weight excluding hydrogens is 224 g/mol. The average Bonchev–Trinajstić information content (AvgIpc) is 2.32. The molecule has 0 unspecified atom stereocenters. The molecule has 6 nitrogen and oxygen atoms in total. The third-order valence-electron chi connectivity index (χ3n) is 2.90. The molecule has 1 aliphatic carbocycles. The first-order chi connectivity index (χ1) is 8.16. The van der Waals surface area contributed by atoms with Crippen molar-refractivity contribution in [3.8, 4) is 5.75 Å². The van der Waals surface area contributed by atoms with Crippen LogP contribution >= 0.6 is 0 Å². The zero-order valence-corrected chi connectivity index (χ0v) is 9.28. The minimum atomic E-state index is -0.500. The first-order valence-electron chi connectivity index (χ1n) is 5.60. The van der Waals surface area contributed by atoms with Crippen LogP contribution in [0.4, 0.5) is 5.69 Å². The van der Waals surface area contributed by atoms with Crippen molar-refractivity contribution >= 4 is 5.69 Å². The van der Waals surface area contributed by atoms with Gasteiger partial charge in [-0.05, 0) is 25.7 Å². The van der Waals surface area contributed by atoms with E-state index in [9.17, 15) is 15.2 Å². The third kappa shape index (κ3) is 2.91. The first kappa shape index (κ1) is 11.8. The quantitative estimate of drug-likeness (QED) is 0.639. The van der Waals surface area contributed by atoms with Crippen LogP contribution in [0, 0.1) is 10.1 Å². The van der Waals surface area contributed by atoms with Gasteiger partial charge in [0.15, 0.2) is 0 Å². The van der Waals surface area contributed by atoms with Gasteiger partial charge in [0, 0.05) is 12.3 Å². The molecule has 0 atom stereocenters. The molecular formula is C11H14N2O4. The Kier molecular flexibility index (Phi) is 3.53. The van der Waals surface area contributed by atoms with Crippen LogP contribution in [0.25, 0.3) is 0 Å². The van der Waals surface area contributed by atoms with Gasteiger partial charge in [-0.25, -0.2) is 0 Å². The zero-order chi connectivity index (χ0) is 12.3. The number of ether oxygens (including phenoxy) is 1. The highest BCUT2D eigenvalue weighted by atomic mass is 16.6. The fourth-order valence-corrected chi connectivity index (χ4v) is 1.95. The highest BCUT2D eigenvalue weighted by Gasteiger charge is 2.23. The maximum Gasteiger partial charge on any atom is 0.329 e. The molecule has 2 rings (SSSR count). The zero-order valence-electron chi connectivity index (χ0n) is 9.28. The van der Waals surface area contributed by atoms with Gasteiger partial charge < -0.3 is 9.84 Å². The summed E-state index contributed by atoms with van der Waals surface area (Å²) in [6, 6.07) is 1.50. The first-order valence-corrected chi connectivity index (χ1v) is 5.60. The maximum absolute atomic E-state index is 10.8. The summed E-state index contributed by atoms with van der Waals surface area (Å²) in [5, 5.41) is 20.1. The van der Waals surface area contributed by atoms with E-state index in [4.69, 9.17) is 4.74 Å². The van der Waals surface area contributed by atoms with Gasteiger partial charge in [-0.1, -0.05) is 0 Å². The normalized spacial score (nSPS) is 24.3. The summed E-state index contributed by atoms with van der Waals surface area (Å²) in [5.74, 6) is 0.256. The van der Waals surface area contributed by atoms with Crippen LogP contribution in [-0.4, -0.2) is 27.2 Å². The van der Waals surface area contributed by atoms with E-state index >= 15 is 0 Å². The van der Waals surface area contributed by atoms with Crippen LogP contribution in [0.5, 0.6) is 5.75 Å². The lowest BCUT2D eigenvalue weighted by Crippen LogP contribution is -2.26.